The average Bonchev–Trinajstić information content (AvgIpc) is 2.68. The summed E-state index contributed by atoms with van der Waals surface area (Å²) in [6.45, 7) is 0. The first kappa shape index (κ1) is 9.77. The van der Waals surface area contributed by atoms with Crippen LogP contribution in [0, 0.1) is 0 Å². The summed E-state index contributed by atoms with van der Waals surface area (Å²) in [6, 6.07) is 0. The third-order valence-electron chi connectivity index (χ3n) is 2.37. The van der Waals surface area contributed by atoms with E-state index in [0.29, 0.717) is 18.1 Å². The molecule has 1 aromatic rings. The quantitative estimate of drug-likeness (QED) is 0.717. The lowest BCUT2D eigenvalue weighted by Crippen LogP contribution is -2.08. The molecule has 0 aliphatic carbocycles. The maximum absolute atomic E-state index is 10.3. The van der Waals surface area contributed by atoms with Crippen LogP contribution in [0.4, 0.5) is 0 Å². The van der Waals surface area contributed by atoms with Gasteiger partial charge in [0.05, 0.1) is 12.6 Å². The molecule has 0 bridgehead atoms. The Morgan fingerprint density at radius 1 is 1.71 bits per heavy atom. The predicted octanol–water partition coefficient (Wildman–Crippen LogP) is 2.03. The summed E-state index contributed by atoms with van der Waals surface area (Å²) in [6.07, 6.45) is 5.25. The van der Waals surface area contributed by atoms with Gasteiger partial charge in [-0.25, -0.2) is 4.98 Å². The smallest absolute Gasteiger partial charge is 0.198 e. The molecule has 1 fully saturated rings. The zero-order chi connectivity index (χ0) is 9.80. The summed E-state index contributed by atoms with van der Waals surface area (Å²) in [5.41, 5.74) is 0. The Labute approximate surface area is 87.3 Å². The fourth-order valence-electron chi connectivity index (χ4n) is 1.62. The molecule has 2 rings (SSSR count). The zero-order valence-corrected chi connectivity index (χ0v) is 8.76. The first-order valence-electron chi connectivity index (χ1n) is 4.86. The third-order valence-corrected chi connectivity index (χ3v) is 3.58. The van der Waals surface area contributed by atoms with Crippen LogP contribution in [0.15, 0.2) is 10.6 Å². The largest absolute Gasteiger partial charge is 0.445 e. The van der Waals surface area contributed by atoms with E-state index in [-0.39, 0.29) is 0 Å². The zero-order valence-electron chi connectivity index (χ0n) is 7.94. The van der Waals surface area contributed by atoms with E-state index in [2.05, 4.69) is 4.98 Å². The van der Waals surface area contributed by atoms with Gasteiger partial charge in [0.15, 0.2) is 5.89 Å². The van der Waals surface area contributed by atoms with E-state index in [4.69, 9.17) is 4.42 Å². The molecule has 76 valence electrons. The third kappa shape index (κ3) is 2.18. The number of carbonyl (C=O) groups excluding carboxylic acids is 1. The number of hydrogen-bond acceptors (Lipinski definition) is 4. The van der Waals surface area contributed by atoms with Crippen LogP contribution in [0.5, 0.6) is 0 Å². The van der Waals surface area contributed by atoms with Crippen LogP contribution in [-0.2, 0) is 11.2 Å². The molecule has 1 aliphatic rings. The molecule has 0 N–H and O–H groups in total. The lowest BCUT2D eigenvalue weighted by Gasteiger charge is -2.17. The van der Waals surface area contributed by atoms with Crippen molar-refractivity contribution in [1.82, 2.24) is 4.98 Å². The summed E-state index contributed by atoms with van der Waals surface area (Å²) in [4.78, 5) is 14.5. The van der Waals surface area contributed by atoms with Gasteiger partial charge in [-0.2, -0.15) is 11.8 Å². The highest BCUT2D eigenvalue weighted by atomic mass is 32.2. The molecule has 0 radical (unpaired) electrons. The summed E-state index contributed by atoms with van der Waals surface area (Å²) >= 11 is 1.95. The molecule has 0 spiro atoms. The molecule has 0 saturated carbocycles. The number of hydrogen-bond donors (Lipinski definition) is 0. The first-order chi connectivity index (χ1) is 6.90. The maximum Gasteiger partial charge on any atom is 0.198 e. The summed E-state index contributed by atoms with van der Waals surface area (Å²) in [5, 5.41) is 0. The topological polar surface area (TPSA) is 43.1 Å². The highest BCUT2D eigenvalue weighted by Crippen LogP contribution is 2.30. The molecule has 1 aliphatic heterocycles. The lowest BCUT2D eigenvalue weighted by atomic mass is 10.1. The van der Waals surface area contributed by atoms with Gasteiger partial charge in [0.1, 0.15) is 12.0 Å². The van der Waals surface area contributed by atoms with Crippen molar-refractivity contribution < 1.29 is 9.21 Å². The van der Waals surface area contributed by atoms with Crippen LogP contribution >= 0.6 is 11.8 Å². The van der Waals surface area contributed by atoms with E-state index in [0.717, 1.165) is 24.4 Å². The summed E-state index contributed by atoms with van der Waals surface area (Å²) < 4.78 is 5.51. The lowest BCUT2D eigenvalue weighted by molar-refractivity contribution is -0.107. The van der Waals surface area contributed by atoms with Gasteiger partial charge in [-0.3, -0.25) is 0 Å². The normalized spacial score (nSPS) is 22.1. The van der Waals surface area contributed by atoms with Crippen molar-refractivity contribution in [3.05, 3.63) is 17.8 Å². The van der Waals surface area contributed by atoms with Crippen molar-refractivity contribution in [3.8, 4) is 0 Å². The number of aromatic nitrogens is 1. The van der Waals surface area contributed by atoms with Crippen LogP contribution in [0.3, 0.4) is 0 Å². The van der Waals surface area contributed by atoms with E-state index in [1.165, 1.54) is 12.2 Å². The van der Waals surface area contributed by atoms with Gasteiger partial charge >= 0.3 is 0 Å². The van der Waals surface area contributed by atoms with E-state index in [9.17, 15) is 4.79 Å². The number of nitrogens with zero attached hydrogens (tertiary/aromatic N) is 1. The van der Waals surface area contributed by atoms with Gasteiger partial charge < -0.3 is 9.21 Å². The number of thioether (sulfide) groups is 1. The Balaban J connectivity index is 2.03. The Hall–Kier alpha value is -0.770. The number of carbonyl (C=O) groups is 1. The van der Waals surface area contributed by atoms with Crippen LogP contribution in [0.2, 0.25) is 0 Å². The van der Waals surface area contributed by atoms with Gasteiger partial charge in [-0.15, -0.1) is 0 Å². The summed E-state index contributed by atoms with van der Waals surface area (Å²) in [7, 11) is 0. The number of aldehydes is 1. The Morgan fingerprint density at radius 2 is 2.64 bits per heavy atom. The van der Waals surface area contributed by atoms with Crippen LogP contribution in [-0.4, -0.2) is 22.8 Å². The fourth-order valence-corrected chi connectivity index (χ4v) is 2.75. The predicted molar refractivity (Wildman–Crippen MR) is 55.6 cm³/mol. The van der Waals surface area contributed by atoms with Crippen molar-refractivity contribution in [2.75, 3.05) is 11.5 Å². The van der Waals surface area contributed by atoms with E-state index >= 15 is 0 Å². The minimum atomic E-state index is 0.340. The molecule has 0 aromatic carbocycles. The van der Waals surface area contributed by atoms with Gasteiger partial charge in [0.25, 0.3) is 0 Å². The van der Waals surface area contributed by atoms with Crippen molar-refractivity contribution in [1.29, 1.82) is 0 Å². The monoisotopic (exact) mass is 211 g/mol. The molecule has 1 saturated heterocycles. The average molecular weight is 211 g/mol. The van der Waals surface area contributed by atoms with Gasteiger partial charge in [0, 0.05) is 11.7 Å². The molecule has 2 heterocycles. The number of rotatable bonds is 3. The molecule has 1 unspecified atom stereocenters. The van der Waals surface area contributed by atoms with E-state index < -0.39 is 0 Å². The summed E-state index contributed by atoms with van der Waals surface area (Å²) in [5.74, 6) is 4.30. The Kier molecular flexibility index (Phi) is 3.24. The maximum atomic E-state index is 10.3. The van der Waals surface area contributed by atoms with Gasteiger partial charge in [0.2, 0.25) is 0 Å². The highest BCUT2D eigenvalue weighted by molar-refractivity contribution is 7.99. The van der Waals surface area contributed by atoms with Gasteiger partial charge in [-0.1, -0.05) is 0 Å². The fraction of sp³-hybridized carbons (Fsp3) is 0.600. The Morgan fingerprint density at radius 3 is 3.36 bits per heavy atom. The van der Waals surface area contributed by atoms with Crippen molar-refractivity contribution >= 4 is 18.0 Å². The van der Waals surface area contributed by atoms with E-state index in [1.54, 1.807) is 6.20 Å². The van der Waals surface area contributed by atoms with Crippen molar-refractivity contribution in [3.63, 3.8) is 0 Å². The Bertz CT molecular complexity index is 305. The van der Waals surface area contributed by atoms with E-state index in [1.807, 2.05) is 11.8 Å². The van der Waals surface area contributed by atoms with Crippen molar-refractivity contribution in [2.45, 2.75) is 25.2 Å². The van der Waals surface area contributed by atoms with Crippen LogP contribution in [0.1, 0.15) is 30.4 Å². The molecule has 1 atom stereocenters. The van der Waals surface area contributed by atoms with Crippen LogP contribution < -0.4 is 0 Å². The second-order valence-electron chi connectivity index (χ2n) is 3.45. The molecule has 1 aromatic heterocycles. The second-order valence-corrected chi connectivity index (χ2v) is 4.60. The SMILES string of the molecule is O=CCc1cnc(C2CCCSC2)o1. The molecule has 4 heteroatoms. The minimum Gasteiger partial charge on any atom is -0.445 e. The van der Waals surface area contributed by atoms with Crippen LogP contribution in [0.25, 0.3) is 0 Å². The highest BCUT2D eigenvalue weighted by Gasteiger charge is 2.20. The van der Waals surface area contributed by atoms with Gasteiger partial charge in [-0.05, 0) is 18.6 Å². The minimum absolute atomic E-state index is 0.340. The standard InChI is InChI=1S/C10H13NO2S/c12-4-3-9-6-11-10(13-9)8-2-1-5-14-7-8/h4,6,8H,1-3,5,7H2. The molecular weight excluding hydrogens is 198 g/mol. The van der Waals surface area contributed by atoms with Crippen molar-refractivity contribution in [2.24, 2.45) is 0 Å². The molecule has 3 nitrogen and oxygen atoms in total. The molecule has 14 heavy (non-hydrogen) atoms. The molecule has 0 amide bonds. The molecular formula is C10H13NO2S. The first-order valence-corrected chi connectivity index (χ1v) is 6.01. The second kappa shape index (κ2) is 4.64. The number of oxazole rings is 1.